The summed E-state index contributed by atoms with van der Waals surface area (Å²) in [4.78, 5) is 15.0. The molecule has 25 heavy (non-hydrogen) atoms. The van der Waals surface area contributed by atoms with Crippen LogP contribution >= 0.6 is 0 Å². The Kier molecular flexibility index (Phi) is 5.03. The Morgan fingerprint density at radius 3 is 2.60 bits per heavy atom. The van der Waals surface area contributed by atoms with Gasteiger partial charge in [0.05, 0.1) is 7.11 Å². The molecule has 0 saturated heterocycles. The largest absolute Gasteiger partial charge is 0.493 e. The molecule has 0 aliphatic rings. The summed E-state index contributed by atoms with van der Waals surface area (Å²) in [6.07, 6.45) is 0. The van der Waals surface area contributed by atoms with Crippen LogP contribution in [0.4, 0.5) is 0 Å². The summed E-state index contributed by atoms with van der Waals surface area (Å²) in [5.74, 6) is 1.85. The lowest BCUT2D eigenvalue weighted by Gasteiger charge is -2.14. The highest BCUT2D eigenvalue weighted by Crippen LogP contribution is 2.35. The van der Waals surface area contributed by atoms with Crippen LogP contribution in [-0.2, 0) is 13.2 Å². The maximum absolute atomic E-state index is 10.8. The van der Waals surface area contributed by atoms with Crippen molar-refractivity contribution in [1.82, 2.24) is 10.1 Å². The molecule has 0 radical (unpaired) electrons. The van der Waals surface area contributed by atoms with Gasteiger partial charge in [0.25, 0.3) is 0 Å². The third kappa shape index (κ3) is 3.82. The zero-order chi connectivity index (χ0) is 17.6. The molecule has 0 atom stereocenters. The molecule has 0 spiro atoms. The lowest BCUT2D eigenvalue weighted by atomic mass is 10.1. The van der Waals surface area contributed by atoms with Crippen molar-refractivity contribution in [1.29, 1.82) is 0 Å². The zero-order valence-corrected chi connectivity index (χ0v) is 13.9. The van der Waals surface area contributed by atoms with Crippen molar-refractivity contribution >= 4 is 0 Å². The normalized spacial score (nSPS) is 10.5. The predicted molar refractivity (Wildman–Crippen MR) is 91.3 cm³/mol. The van der Waals surface area contributed by atoms with E-state index in [1.165, 1.54) is 0 Å². The first-order valence-electron chi connectivity index (χ1n) is 7.68. The molecule has 2 aromatic carbocycles. The maximum Gasteiger partial charge on any atom is 0.223 e. The molecule has 0 fully saturated rings. The minimum atomic E-state index is -0.0295. The quantitative estimate of drug-likeness (QED) is 0.607. The minimum Gasteiger partial charge on any atom is -0.493 e. The van der Waals surface area contributed by atoms with Gasteiger partial charge in [0, 0.05) is 12.5 Å². The van der Waals surface area contributed by atoms with Gasteiger partial charge in [0.2, 0.25) is 11.7 Å². The third-order valence-electron chi connectivity index (χ3n) is 3.63. The molecule has 0 N–H and O–H groups in total. The van der Waals surface area contributed by atoms with Crippen LogP contribution in [0.25, 0.3) is 11.4 Å². The van der Waals surface area contributed by atoms with Crippen molar-refractivity contribution in [3.63, 3.8) is 0 Å². The third-order valence-corrected chi connectivity index (χ3v) is 3.63. The molecule has 0 saturated carbocycles. The van der Waals surface area contributed by atoms with E-state index in [4.69, 9.17) is 14.0 Å². The van der Waals surface area contributed by atoms with E-state index >= 15 is 0 Å². The maximum atomic E-state index is 10.8. The fourth-order valence-electron chi connectivity index (χ4n) is 2.43. The van der Waals surface area contributed by atoms with Gasteiger partial charge in [-0.05, 0) is 23.3 Å². The SMILES string of the molecule is COc1cc(CN=O)c(-c2noc(C)n2)cc1OCc1ccccc1. The first-order valence-corrected chi connectivity index (χ1v) is 7.68. The van der Waals surface area contributed by atoms with Crippen LogP contribution in [-0.4, -0.2) is 17.3 Å². The second kappa shape index (κ2) is 7.57. The smallest absolute Gasteiger partial charge is 0.223 e. The molecule has 1 aromatic heterocycles. The van der Waals surface area contributed by atoms with Gasteiger partial charge in [-0.1, -0.05) is 40.7 Å². The van der Waals surface area contributed by atoms with Crippen molar-refractivity contribution in [3.05, 3.63) is 64.4 Å². The molecule has 3 aromatic rings. The van der Waals surface area contributed by atoms with Crippen LogP contribution in [0.2, 0.25) is 0 Å². The van der Waals surface area contributed by atoms with Gasteiger partial charge in [0.15, 0.2) is 11.5 Å². The topological polar surface area (TPSA) is 86.8 Å². The fraction of sp³-hybridized carbons (Fsp3) is 0.222. The molecule has 0 amide bonds. The average molecular weight is 339 g/mol. The summed E-state index contributed by atoms with van der Waals surface area (Å²) in [6.45, 7) is 2.05. The highest BCUT2D eigenvalue weighted by atomic mass is 16.5. The molecule has 0 aliphatic carbocycles. The summed E-state index contributed by atoms with van der Waals surface area (Å²) in [5, 5.41) is 6.88. The van der Waals surface area contributed by atoms with Gasteiger partial charge in [-0.25, -0.2) is 0 Å². The Balaban J connectivity index is 1.97. The monoisotopic (exact) mass is 339 g/mol. The number of nitrogens with zero attached hydrogens (tertiary/aromatic N) is 3. The van der Waals surface area contributed by atoms with Crippen molar-refractivity contribution < 1.29 is 14.0 Å². The van der Waals surface area contributed by atoms with Crippen LogP contribution in [0.15, 0.2) is 52.2 Å². The van der Waals surface area contributed by atoms with E-state index in [-0.39, 0.29) is 6.54 Å². The molecule has 0 unspecified atom stereocenters. The molecule has 1 heterocycles. The number of methoxy groups -OCH3 is 1. The number of hydrogen-bond donors (Lipinski definition) is 0. The second-order valence-electron chi connectivity index (χ2n) is 5.36. The number of ether oxygens (including phenoxy) is 2. The fourth-order valence-corrected chi connectivity index (χ4v) is 2.43. The van der Waals surface area contributed by atoms with Gasteiger partial charge in [-0.3, -0.25) is 0 Å². The molecular formula is C18H17N3O4. The van der Waals surface area contributed by atoms with E-state index in [0.29, 0.717) is 40.9 Å². The highest BCUT2D eigenvalue weighted by molar-refractivity contribution is 5.65. The van der Waals surface area contributed by atoms with E-state index in [9.17, 15) is 4.91 Å². The molecular weight excluding hydrogens is 322 g/mol. The Morgan fingerprint density at radius 2 is 1.96 bits per heavy atom. The predicted octanol–water partition coefficient (Wildman–Crippen LogP) is 3.90. The standard InChI is InChI=1S/C18H17N3O4/c1-12-20-18(21-25-12)15-9-17(16(23-2)8-14(15)10-19-22)24-11-13-6-4-3-5-7-13/h3-9H,10-11H2,1-2H3. The first kappa shape index (κ1) is 16.6. The minimum absolute atomic E-state index is 0.0295. The van der Waals surface area contributed by atoms with Crippen LogP contribution in [0.1, 0.15) is 17.0 Å². The summed E-state index contributed by atoms with van der Waals surface area (Å²) in [5.41, 5.74) is 2.29. The number of rotatable bonds is 7. The number of hydrogen-bond acceptors (Lipinski definition) is 7. The van der Waals surface area contributed by atoms with E-state index in [1.54, 1.807) is 26.2 Å². The van der Waals surface area contributed by atoms with Crippen LogP contribution in [0.3, 0.4) is 0 Å². The Bertz CT molecular complexity index is 862. The Labute approximate surface area is 144 Å². The van der Waals surface area contributed by atoms with Gasteiger partial charge in [-0.15, -0.1) is 0 Å². The van der Waals surface area contributed by atoms with Gasteiger partial charge >= 0.3 is 0 Å². The van der Waals surface area contributed by atoms with Crippen LogP contribution < -0.4 is 9.47 Å². The van der Waals surface area contributed by atoms with Gasteiger partial charge < -0.3 is 14.0 Å². The lowest BCUT2D eigenvalue weighted by Crippen LogP contribution is -2.00. The van der Waals surface area contributed by atoms with Crippen molar-refractivity contribution in [2.45, 2.75) is 20.1 Å². The van der Waals surface area contributed by atoms with E-state index in [0.717, 1.165) is 5.56 Å². The van der Waals surface area contributed by atoms with Gasteiger partial charge in [-0.2, -0.15) is 9.89 Å². The molecule has 0 bridgehead atoms. The van der Waals surface area contributed by atoms with Crippen LogP contribution in [0, 0.1) is 11.8 Å². The zero-order valence-electron chi connectivity index (χ0n) is 13.9. The molecule has 7 heteroatoms. The number of benzene rings is 2. The Hall–Kier alpha value is -3.22. The summed E-state index contributed by atoms with van der Waals surface area (Å²) >= 11 is 0. The van der Waals surface area contributed by atoms with Crippen LogP contribution in [0.5, 0.6) is 11.5 Å². The van der Waals surface area contributed by atoms with Gasteiger partial charge in [0.1, 0.15) is 13.2 Å². The highest BCUT2D eigenvalue weighted by Gasteiger charge is 2.17. The molecule has 3 rings (SSSR count). The first-order chi connectivity index (χ1) is 12.2. The molecule has 7 nitrogen and oxygen atoms in total. The lowest BCUT2D eigenvalue weighted by molar-refractivity contribution is 0.284. The molecule has 128 valence electrons. The number of aryl methyl sites for hydroxylation is 1. The second-order valence-corrected chi connectivity index (χ2v) is 5.36. The summed E-state index contributed by atoms with van der Waals surface area (Å²) in [6, 6.07) is 13.2. The number of nitroso groups, excluding NO2 is 1. The summed E-state index contributed by atoms with van der Waals surface area (Å²) in [7, 11) is 1.54. The van der Waals surface area contributed by atoms with E-state index in [1.807, 2.05) is 30.3 Å². The summed E-state index contributed by atoms with van der Waals surface area (Å²) < 4.78 is 16.3. The Morgan fingerprint density at radius 1 is 1.16 bits per heavy atom. The van der Waals surface area contributed by atoms with E-state index in [2.05, 4.69) is 15.3 Å². The van der Waals surface area contributed by atoms with Crippen molar-refractivity contribution in [3.8, 4) is 22.9 Å². The molecule has 0 aliphatic heterocycles. The van der Waals surface area contributed by atoms with Crippen molar-refractivity contribution in [2.24, 2.45) is 5.18 Å². The number of aromatic nitrogens is 2. The van der Waals surface area contributed by atoms with Crippen molar-refractivity contribution in [2.75, 3.05) is 7.11 Å². The average Bonchev–Trinajstić information content (AvgIpc) is 3.07. The van der Waals surface area contributed by atoms with E-state index < -0.39 is 0 Å².